The summed E-state index contributed by atoms with van der Waals surface area (Å²) in [6.45, 7) is 4.61. The SMILES string of the molecule is CC(C)(C(=O)NCCN)c1ccccc1Cl.Cl. The maximum atomic E-state index is 12.0. The zero-order valence-corrected chi connectivity index (χ0v) is 11.6. The number of nitrogens with one attached hydrogen (secondary N) is 1. The Balaban J connectivity index is 0.00000256. The third kappa shape index (κ3) is 3.87. The summed E-state index contributed by atoms with van der Waals surface area (Å²) in [5, 5.41) is 3.38. The Morgan fingerprint density at radius 2 is 2.00 bits per heavy atom. The summed E-state index contributed by atoms with van der Waals surface area (Å²) in [6.07, 6.45) is 0. The summed E-state index contributed by atoms with van der Waals surface area (Å²) < 4.78 is 0. The normalized spacial score (nSPS) is 10.6. The van der Waals surface area contributed by atoms with Crippen LogP contribution in [0.4, 0.5) is 0 Å². The van der Waals surface area contributed by atoms with E-state index in [0.29, 0.717) is 18.1 Å². The molecule has 0 saturated heterocycles. The lowest BCUT2D eigenvalue weighted by Gasteiger charge is -2.25. The van der Waals surface area contributed by atoms with Gasteiger partial charge in [-0.05, 0) is 25.5 Å². The molecule has 1 rings (SSSR count). The Labute approximate surface area is 113 Å². The highest BCUT2D eigenvalue weighted by atomic mass is 35.5. The molecule has 0 heterocycles. The van der Waals surface area contributed by atoms with Gasteiger partial charge >= 0.3 is 0 Å². The smallest absolute Gasteiger partial charge is 0.230 e. The molecule has 1 aromatic rings. The highest BCUT2D eigenvalue weighted by Gasteiger charge is 2.30. The standard InChI is InChI=1S/C12H17ClN2O.ClH/c1-12(2,11(16)15-8-7-14)9-5-3-4-6-10(9)13;/h3-6H,7-8,14H2,1-2H3,(H,15,16);1H. The van der Waals surface area contributed by atoms with E-state index in [-0.39, 0.29) is 18.3 Å². The van der Waals surface area contributed by atoms with Gasteiger partial charge < -0.3 is 11.1 Å². The van der Waals surface area contributed by atoms with Crippen molar-refractivity contribution >= 4 is 29.9 Å². The molecule has 1 aromatic carbocycles. The van der Waals surface area contributed by atoms with Crippen molar-refractivity contribution in [2.24, 2.45) is 5.73 Å². The fourth-order valence-electron chi connectivity index (χ4n) is 1.50. The first-order chi connectivity index (χ1) is 7.50. The monoisotopic (exact) mass is 276 g/mol. The van der Waals surface area contributed by atoms with Gasteiger partial charge in [-0.15, -0.1) is 12.4 Å². The van der Waals surface area contributed by atoms with Gasteiger partial charge in [-0.25, -0.2) is 0 Å². The molecule has 0 aromatic heterocycles. The molecule has 96 valence electrons. The van der Waals surface area contributed by atoms with Crippen molar-refractivity contribution in [3.63, 3.8) is 0 Å². The zero-order chi connectivity index (χ0) is 12.2. The third-order valence-electron chi connectivity index (χ3n) is 2.54. The van der Waals surface area contributed by atoms with E-state index < -0.39 is 5.41 Å². The second-order valence-corrected chi connectivity index (χ2v) is 4.56. The summed E-state index contributed by atoms with van der Waals surface area (Å²) >= 11 is 6.08. The van der Waals surface area contributed by atoms with Crippen LogP contribution >= 0.6 is 24.0 Å². The van der Waals surface area contributed by atoms with Crippen molar-refractivity contribution in [2.75, 3.05) is 13.1 Å². The molecule has 3 N–H and O–H groups in total. The lowest BCUT2D eigenvalue weighted by molar-refractivity contribution is -0.125. The molecule has 5 heteroatoms. The van der Waals surface area contributed by atoms with Crippen molar-refractivity contribution < 1.29 is 4.79 Å². The quantitative estimate of drug-likeness (QED) is 0.885. The van der Waals surface area contributed by atoms with Crippen LogP contribution in [0.1, 0.15) is 19.4 Å². The van der Waals surface area contributed by atoms with Gasteiger partial charge in [0, 0.05) is 18.1 Å². The maximum Gasteiger partial charge on any atom is 0.230 e. The van der Waals surface area contributed by atoms with E-state index in [9.17, 15) is 4.79 Å². The van der Waals surface area contributed by atoms with Gasteiger partial charge in [0.05, 0.1) is 5.41 Å². The van der Waals surface area contributed by atoms with E-state index in [1.165, 1.54) is 0 Å². The van der Waals surface area contributed by atoms with Crippen LogP contribution in [0.25, 0.3) is 0 Å². The predicted octanol–water partition coefficient (Wildman–Crippen LogP) is 2.11. The van der Waals surface area contributed by atoms with Gasteiger partial charge in [-0.2, -0.15) is 0 Å². The highest BCUT2D eigenvalue weighted by Crippen LogP contribution is 2.29. The van der Waals surface area contributed by atoms with Crippen LogP contribution in [0.15, 0.2) is 24.3 Å². The Morgan fingerprint density at radius 1 is 1.41 bits per heavy atom. The molecule has 0 atom stereocenters. The number of halogens is 2. The molecule has 0 fully saturated rings. The number of hydrogen-bond donors (Lipinski definition) is 2. The lowest BCUT2D eigenvalue weighted by atomic mass is 9.83. The van der Waals surface area contributed by atoms with Gasteiger partial charge in [0.1, 0.15) is 0 Å². The van der Waals surface area contributed by atoms with Crippen LogP contribution in [0.2, 0.25) is 5.02 Å². The van der Waals surface area contributed by atoms with Crippen LogP contribution in [0.5, 0.6) is 0 Å². The van der Waals surface area contributed by atoms with Crippen molar-refractivity contribution in [2.45, 2.75) is 19.3 Å². The minimum atomic E-state index is -0.645. The number of amides is 1. The molecule has 0 unspecified atom stereocenters. The molecule has 0 aliphatic heterocycles. The number of rotatable bonds is 4. The molecular formula is C12H18Cl2N2O. The average Bonchev–Trinajstić information content (AvgIpc) is 2.26. The molecule has 1 amide bonds. The first-order valence-corrected chi connectivity index (χ1v) is 5.61. The lowest BCUT2D eigenvalue weighted by Crippen LogP contribution is -2.42. The first kappa shape index (κ1) is 16.2. The molecule has 0 saturated carbocycles. The largest absolute Gasteiger partial charge is 0.354 e. The molecule has 3 nitrogen and oxygen atoms in total. The maximum absolute atomic E-state index is 12.0. The number of hydrogen-bond acceptors (Lipinski definition) is 2. The summed E-state index contributed by atoms with van der Waals surface area (Å²) in [4.78, 5) is 12.0. The van der Waals surface area contributed by atoms with Crippen LogP contribution in [0, 0.1) is 0 Å². The van der Waals surface area contributed by atoms with E-state index in [4.69, 9.17) is 17.3 Å². The predicted molar refractivity (Wildman–Crippen MR) is 73.8 cm³/mol. The molecule has 17 heavy (non-hydrogen) atoms. The molecule has 0 radical (unpaired) electrons. The van der Waals surface area contributed by atoms with Crippen LogP contribution < -0.4 is 11.1 Å². The minimum Gasteiger partial charge on any atom is -0.354 e. The van der Waals surface area contributed by atoms with E-state index in [1.807, 2.05) is 32.0 Å². The van der Waals surface area contributed by atoms with Crippen LogP contribution in [0.3, 0.4) is 0 Å². The number of benzene rings is 1. The Morgan fingerprint density at radius 3 is 2.53 bits per heavy atom. The minimum absolute atomic E-state index is 0. The van der Waals surface area contributed by atoms with Gasteiger partial charge in [0.15, 0.2) is 0 Å². The number of carbonyl (C=O) groups is 1. The van der Waals surface area contributed by atoms with Crippen molar-refractivity contribution in [3.05, 3.63) is 34.9 Å². The zero-order valence-electron chi connectivity index (χ0n) is 10.00. The Hall–Kier alpha value is -0.770. The fourth-order valence-corrected chi connectivity index (χ4v) is 1.87. The van der Waals surface area contributed by atoms with E-state index >= 15 is 0 Å². The highest BCUT2D eigenvalue weighted by molar-refractivity contribution is 6.31. The van der Waals surface area contributed by atoms with Crippen LogP contribution in [-0.2, 0) is 10.2 Å². The molecule has 0 bridgehead atoms. The Kier molecular flexibility index (Phi) is 6.53. The van der Waals surface area contributed by atoms with Crippen molar-refractivity contribution in [1.29, 1.82) is 0 Å². The first-order valence-electron chi connectivity index (χ1n) is 5.23. The van der Waals surface area contributed by atoms with Gasteiger partial charge in [-0.3, -0.25) is 4.79 Å². The molecular weight excluding hydrogens is 259 g/mol. The van der Waals surface area contributed by atoms with E-state index in [1.54, 1.807) is 6.07 Å². The molecule has 0 aliphatic carbocycles. The van der Waals surface area contributed by atoms with Gasteiger partial charge in [0.2, 0.25) is 5.91 Å². The van der Waals surface area contributed by atoms with Crippen LogP contribution in [-0.4, -0.2) is 19.0 Å². The summed E-state index contributed by atoms with van der Waals surface area (Å²) in [5.41, 5.74) is 5.53. The summed E-state index contributed by atoms with van der Waals surface area (Å²) in [5.74, 6) is -0.0638. The average molecular weight is 277 g/mol. The van der Waals surface area contributed by atoms with E-state index in [0.717, 1.165) is 5.56 Å². The molecule has 0 spiro atoms. The summed E-state index contributed by atoms with van der Waals surface area (Å²) in [7, 11) is 0. The van der Waals surface area contributed by atoms with Crippen molar-refractivity contribution in [3.8, 4) is 0 Å². The fraction of sp³-hybridized carbons (Fsp3) is 0.417. The second kappa shape index (κ2) is 6.84. The topological polar surface area (TPSA) is 55.1 Å². The second-order valence-electron chi connectivity index (χ2n) is 4.15. The summed E-state index contributed by atoms with van der Waals surface area (Å²) in [6, 6.07) is 7.37. The number of nitrogens with two attached hydrogens (primary N) is 1. The van der Waals surface area contributed by atoms with Gasteiger partial charge in [0.25, 0.3) is 0 Å². The van der Waals surface area contributed by atoms with Gasteiger partial charge in [-0.1, -0.05) is 29.8 Å². The van der Waals surface area contributed by atoms with E-state index in [2.05, 4.69) is 5.32 Å². The molecule has 0 aliphatic rings. The Bertz CT molecular complexity index is 381. The number of carbonyl (C=O) groups excluding carboxylic acids is 1. The third-order valence-corrected chi connectivity index (χ3v) is 2.87. The van der Waals surface area contributed by atoms with Crippen molar-refractivity contribution in [1.82, 2.24) is 5.32 Å².